The molecule has 0 aliphatic rings. The van der Waals surface area contributed by atoms with Crippen LogP contribution in [0, 0.1) is 0 Å². The number of carbonyl (C=O) groups excluding carboxylic acids is 1. The molecular weight excluding hydrogens is 242 g/mol. The van der Waals surface area contributed by atoms with E-state index in [2.05, 4.69) is 20.9 Å². The zero-order chi connectivity index (χ0) is 10.1. The van der Waals surface area contributed by atoms with Crippen molar-refractivity contribution in [3.8, 4) is 0 Å². The van der Waals surface area contributed by atoms with Gasteiger partial charge in [0.05, 0.1) is 0 Å². The molecule has 0 spiro atoms. The molecule has 0 aliphatic heterocycles. The minimum Gasteiger partial charge on any atom is -0.293 e. The molecule has 0 radical (unpaired) electrons. The van der Waals surface area contributed by atoms with E-state index in [0.29, 0.717) is 10.3 Å². The van der Waals surface area contributed by atoms with Gasteiger partial charge in [-0.25, -0.2) is 4.98 Å². The van der Waals surface area contributed by atoms with Gasteiger partial charge in [-0.2, -0.15) is 0 Å². The highest BCUT2D eigenvalue weighted by molar-refractivity contribution is 9.10. The van der Waals surface area contributed by atoms with Crippen LogP contribution in [-0.2, 0) is 0 Å². The Bertz CT molecular complexity index is 508. The van der Waals surface area contributed by atoms with Crippen molar-refractivity contribution in [2.75, 3.05) is 0 Å². The van der Waals surface area contributed by atoms with E-state index in [-0.39, 0.29) is 5.78 Å². The molecule has 3 heteroatoms. The fraction of sp³-hybridized carbons (Fsp3) is 0.0909. The lowest BCUT2D eigenvalue weighted by Crippen LogP contribution is -1.98. The zero-order valence-corrected chi connectivity index (χ0v) is 9.21. The van der Waals surface area contributed by atoms with Crippen molar-refractivity contribution in [1.29, 1.82) is 0 Å². The number of nitrogens with zero attached hydrogens (tertiary/aromatic N) is 1. The second kappa shape index (κ2) is 3.50. The lowest BCUT2D eigenvalue weighted by molar-refractivity contribution is 0.101. The van der Waals surface area contributed by atoms with Crippen LogP contribution < -0.4 is 0 Å². The molecule has 2 aromatic rings. The summed E-state index contributed by atoms with van der Waals surface area (Å²) in [7, 11) is 0. The Balaban J connectivity index is 2.87. The first-order valence-electron chi connectivity index (χ1n) is 4.25. The quantitative estimate of drug-likeness (QED) is 0.574. The van der Waals surface area contributed by atoms with Crippen LogP contribution in [0.3, 0.4) is 0 Å². The highest BCUT2D eigenvalue weighted by Gasteiger charge is 2.07. The van der Waals surface area contributed by atoms with Gasteiger partial charge in [-0.05, 0) is 27.4 Å². The largest absolute Gasteiger partial charge is 0.293 e. The molecule has 0 atom stereocenters. The van der Waals surface area contributed by atoms with Crippen LogP contribution in [0.25, 0.3) is 10.8 Å². The summed E-state index contributed by atoms with van der Waals surface area (Å²) in [5, 5.41) is 1.93. The molecule has 0 amide bonds. The normalized spacial score (nSPS) is 10.4. The molecule has 0 saturated carbocycles. The molecule has 0 unspecified atom stereocenters. The van der Waals surface area contributed by atoms with Crippen LogP contribution in [-0.4, -0.2) is 10.8 Å². The Morgan fingerprint density at radius 1 is 1.36 bits per heavy atom. The van der Waals surface area contributed by atoms with Crippen molar-refractivity contribution in [3.63, 3.8) is 0 Å². The summed E-state index contributed by atoms with van der Waals surface area (Å²) < 4.78 is 0.696. The molecule has 0 fully saturated rings. The molecular formula is C11H8BrNO. The summed E-state index contributed by atoms with van der Waals surface area (Å²) >= 11 is 3.29. The van der Waals surface area contributed by atoms with E-state index in [4.69, 9.17) is 0 Å². The van der Waals surface area contributed by atoms with Gasteiger partial charge in [0.25, 0.3) is 0 Å². The first-order chi connectivity index (χ1) is 6.68. The summed E-state index contributed by atoms with van der Waals surface area (Å²) in [5.41, 5.74) is 0.523. The second-order valence-electron chi connectivity index (χ2n) is 3.07. The van der Waals surface area contributed by atoms with Crippen LogP contribution >= 0.6 is 15.9 Å². The first kappa shape index (κ1) is 9.34. The van der Waals surface area contributed by atoms with E-state index < -0.39 is 0 Å². The van der Waals surface area contributed by atoms with Gasteiger partial charge in [0.15, 0.2) is 5.78 Å². The minimum atomic E-state index is -0.0116. The van der Waals surface area contributed by atoms with Crippen molar-refractivity contribution in [2.45, 2.75) is 6.92 Å². The molecule has 0 N–H and O–H groups in total. The van der Waals surface area contributed by atoms with Crippen LogP contribution in [0.5, 0.6) is 0 Å². The van der Waals surface area contributed by atoms with E-state index in [1.807, 2.05) is 30.3 Å². The number of fused-ring (bicyclic) bond motifs is 1. The molecule has 0 saturated heterocycles. The fourth-order valence-electron chi connectivity index (χ4n) is 1.43. The smallest absolute Gasteiger partial charge is 0.178 e. The van der Waals surface area contributed by atoms with Crippen molar-refractivity contribution < 1.29 is 4.79 Å². The SMILES string of the molecule is CC(=O)c1nc(Br)cc2ccccc12. The number of Topliss-reactive ketones (excluding diaryl/α,β-unsaturated/α-hetero) is 1. The van der Waals surface area contributed by atoms with E-state index in [1.165, 1.54) is 6.92 Å². The molecule has 2 rings (SSSR count). The molecule has 1 aromatic carbocycles. The Kier molecular flexibility index (Phi) is 2.33. The highest BCUT2D eigenvalue weighted by atomic mass is 79.9. The number of hydrogen-bond acceptors (Lipinski definition) is 2. The van der Waals surface area contributed by atoms with E-state index >= 15 is 0 Å². The standard InChI is InChI=1S/C11H8BrNO/c1-7(14)11-9-5-3-2-4-8(9)6-10(12)13-11/h2-6H,1H3. The van der Waals surface area contributed by atoms with E-state index in [1.54, 1.807) is 0 Å². The number of pyridine rings is 1. The van der Waals surface area contributed by atoms with Gasteiger partial charge < -0.3 is 0 Å². The maximum absolute atomic E-state index is 11.3. The van der Waals surface area contributed by atoms with Gasteiger partial charge in [-0.15, -0.1) is 0 Å². The topological polar surface area (TPSA) is 30.0 Å². The van der Waals surface area contributed by atoms with E-state index in [9.17, 15) is 4.79 Å². The molecule has 14 heavy (non-hydrogen) atoms. The monoisotopic (exact) mass is 249 g/mol. The number of halogens is 1. The van der Waals surface area contributed by atoms with Crippen LogP contribution in [0.4, 0.5) is 0 Å². The van der Waals surface area contributed by atoms with Gasteiger partial charge in [0.1, 0.15) is 10.3 Å². The number of aromatic nitrogens is 1. The van der Waals surface area contributed by atoms with Gasteiger partial charge in [-0.1, -0.05) is 24.3 Å². The predicted octanol–water partition coefficient (Wildman–Crippen LogP) is 3.20. The third kappa shape index (κ3) is 1.55. The van der Waals surface area contributed by atoms with Gasteiger partial charge in [0.2, 0.25) is 0 Å². The minimum absolute atomic E-state index is 0.0116. The van der Waals surface area contributed by atoms with Gasteiger partial charge in [0, 0.05) is 12.3 Å². The van der Waals surface area contributed by atoms with Gasteiger partial charge in [-0.3, -0.25) is 4.79 Å². The summed E-state index contributed by atoms with van der Waals surface area (Å²) in [6, 6.07) is 9.63. The third-order valence-corrected chi connectivity index (χ3v) is 2.45. The summed E-state index contributed by atoms with van der Waals surface area (Å²) in [6.45, 7) is 1.53. The lowest BCUT2D eigenvalue weighted by Gasteiger charge is -2.02. The number of rotatable bonds is 1. The zero-order valence-electron chi connectivity index (χ0n) is 7.62. The van der Waals surface area contributed by atoms with Gasteiger partial charge >= 0.3 is 0 Å². The average Bonchev–Trinajstić information content (AvgIpc) is 2.16. The Labute approximate surface area is 90.1 Å². The fourth-order valence-corrected chi connectivity index (χ4v) is 1.86. The number of ketones is 1. The van der Waals surface area contributed by atoms with Crippen molar-refractivity contribution in [1.82, 2.24) is 4.98 Å². The molecule has 1 aromatic heterocycles. The van der Waals surface area contributed by atoms with Crippen molar-refractivity contribution in [2.24, 2.45) is 0 Å². The van der Waals surface area contributed by atoms with Crippen LogP contribution in [0.15, 0.2) is 34.9 Å². The highest BCUT2D eigenvalue weighted by Crippen LogP contribution is 2.21. The Hall–Kier alpha value is -1.22. The number of benzene rings is 1. The molecule has 2 nitrogen and oxygen atoms in total. The van der Waals surface area contributed by atoms with Crippen molar-refractivity contribution >= 4 is 32.5 Å². The maximum Gasteiger partial charge on any atom is 0.178 e. The average molecular weight is 250 g/mol. The predicted molar refractivity (Wildman–Crippen MR) is 59.4 cm³/mol. The van der Waals surface area contributed by atoms with E-state index in [0.717, 1.165) is 10.8 Å². The van der Waals surface area contributed by atoms with Crippen LogP contribution in [0.1, 0.15) is 17.4 Å². The van der Waals surface area contributed by atoms with Crippen molar-refractivity contribution in [3.05, 3.63) is 40.6 Å². The first-order valence-corrected chi connectivity index (χ1v) is 5.04. The maximum atomic E-state index is 11.3. The number of carbonyl (C=O) groups is 1. The molecule has 0 bridgehead atoms. The number of hydrogen-bond donors (Lipinski definition) is 0. The molecule has 70 valence electrons. The summed E-state index contributed by atoms with van der Waals surface area (Å²) in [6.07, 6.45) is 0. The molecule has 0 aliphatic carbocycles. The Morgan fingerprint density at radius 3 is 2.79 bits per heavy atom. The molecule has 1 heterocycles. The third-order valence-electron chi connectivity index (χ3n) is 2.04. The lowest BCUT2D eigenvalue weighted by atomic mass is 10.1. The summed E-state index contributed by atoms with van der Waals surface area (Å²) in [4.78, 5) is 15.5. The second-order valence-corrected chi connectivity index (χ2v) is 3.88. The van der Waals surface area contributed by atoms with Crippen LogP contribution in [0.2, 0.25) is 0 Å². The Morgan fingerprint density at radius 2 is 2.07 bits per heavy atom. The summed E-state index contributed by atoms with van der Waals surface area (Å²) in [5.74, 6) is -0.0116.